The molecule has 76 valence electrons. The summed E-state index contributed by atoms with van der Waals surface area (Å²) in [6, 6.07) is 0. The van der Waals surface area contributed by atoms with E-state index in [1.165, 1.54) is 0 Å². The molecule has 0 aromatic heterocycles. The number of rotatable bonds is 0. The van der Waals surface area contributed by atoms with Crippen LogP contribution in [0, 0.1) is 0 Å². The number of ether oxygens (including phenoxy) is 2. The molecule has 13 heavy (non-hydrogen) atoms. The second kappa shape index (κ2) is 2.71. The number of alkyl halides is 4. The highest BCUT2D eigenvalue weighted by Gasteiger charge is 2.64. The first-order chi connectivity index (χ1) is 5.76. The Kier molecular flexibility index (Phi) is 2.08. The lowest BCUT2D eigenvalue weighted by molar-refractivity contribution is -0.385. The fraction of sp³-hybridized carbons (Fsp3) is 0.600. The summed E-state index contributed by atoms with van der Waals surface area (Å²) >= 11 is 0. The lowest BCUT2D eigenvalue weighted by Crippen LogP contribution is -2.50. The zero-order valence-electron chi connectivity index (χ0n) is 5.79. The van der Waals surface area contributed by atoms with Crippen LogP contribution in [0.25, 0.3) is 0 Å². The molecule has 0 N–H and O–H groups in total. The molecule has 2 nitrogen and oxygen atoms in total. The van der Waals surface area contributed by atoms with Crippen LogP contribution in [0.4, 0.5) is 26.3 Å². The fourth-order valence-corrected chi connectivity index (χ4v) is 0.554. The summed E-state index contributed by atoms with van der Waals surface area (Å²) < 4.78 is 78.3. The summed E-state index contributed by atoms with van der Waals surface area (Å²) in [5, 5.41) is 0. The van der Waals surface area contributed by atoms with Gasteiger partial charge in [-0.15, -0.1) is 0 Å². The molecule has 1 rings (SSSR count). The van der Waals surface area contributed by atoms with Crippen molar-refractivity contribution in [3.8, 4) is 0 Å². The molecule has 0 aromatic carbocycles. The molecule has 0 amide bonds. The largest absolute Gasteiger partial charge is 0.470 e. The van der Waals surface area contributed by atoms with Crippen LogP contribution < -0.4 is 0 Å². The molecule has 0 aliphatic carbocycles. The van der Waals surface area contributed by atoms with E-state index in [2.05, 4.69) is 9.47 Å². The zero-order valence-corrected chi connectivity index (χ0v) is 5.79. The van der Waals surface area contributed by atoms with Crippen molar-refractivity contribution in [2.24, 2.45) is 0 Å². The van der Waals surface area contributed by atoms with Gasteiger partial charge in [-0.2, -0.15) is 26.3 Å². The number of hydrogen-bond donors (Lipinski definition) is 0. The van der Waals surface area contributed by atoms with Crippen molar-refractivity contribution >= 4 is 0 Å². The second-order valence-electron chi connectivity index (χ2n) is 2.16. The maximum absolute atomic E-state index is 12.2. The Bertz CT molecular complexity index is 243. The van der Waals surface area contributed by atoms with E-state index >= 15 is 0 Å². The third-order valence-electron chi connectivity index (χ3n) is 1.19. The van der Waals surface area contributed by atoms with Crippen LogP contribution in [0.1, 0.15) is 0 Å². The standard InChI is InChI=1S/C5H2F6O2/c6-2(7)3-12-1-4(8,9)5(10,11)13-3/h1H2. The van der Waals surface area contributed by atoms with Crippen molar-refractivity contribution in [2.45, 2.75) is 12.0 Å². The summed E-state index contributed by atoms with van der Waals surface area (Å²) in [7, 11) is 0. The summed E-state index contributed by atoms with van der Waals surface area (Å²) in [4.78, 5) is 0. The van der Waals surface area contributed by atoms with Gasteiger partial charge in [0.25, 0.3) is 0 Å². The molecule has 0 atom stereocenters. The Hall–Kier alpha value is -1.08. The predicted octanol–water partition coefficient (Wildman–Crippen LogP) is 2.33. The lowest BCUT2D eigenvalue weighted by Gasteiger charge is -2.31. The normalized spacial score (nSPS) is 24.6. The molecular weight excluding hydrogens is 206 g/mol. The van der Waals surface area contributed by atoms with Gasteiger partial charge in [0.2, 0.25) is 0 Å². The lowest BCUT2D eigenvalue weighted by atomic mass is 10.3. The molecule has 1 saturated heterocycles. The quantitative estimate of drug-likeness (QED) is 0.568. The van der Waals surface area contributed by atoms with Gasteiger partial charge >= 0.3 is 24.1 Å². The second-order valence-corrected chi connectivity index (χ2v) is 2.16. The van der Waals surface area contributed by atoms with E-state index in [4.69, 9.17) is 0 Å². The van der Waals surface area contributed by atoms with Gasteiger partial charge in [-0.1, -0.05) is 0 Å². The number of halogens is 6. The maximum atomic E-state index is 12.2. The van der Waals surface area contributed by atoms with Gasteiger partial charge in [0.05, 0.1) is 0 Å². The molecule has 1 aliphatic rings. The SMILES string of the molecule is FC(F)=C1OCC(F)(F)C(F)(F)O1. The smallest absolute Gasteiger partial charge is 0.455 e. The predicted molar refractivity (Wildman–Crippen MR) is 26.2 cm³/mol. The first-order valence-electron chi connectivity index (χ1n) is 2.89. The Morgan fingerprint density at radius 1 is 1.15 bits per heavy atom. The Labute approximate surface area is 67.7 Å². The minimum atomic E-state index is -4.97. The van der Waals surface area contributed by atoms with Gasteiger partial charge < -0.3 is 9.47 Å². The minimum absolute atomic E-state index is 1.84. The highest BCUT2D eigenvalue weighted by molar-refractivity contribution is 4.93. The van der Waals surface area contributed by atoms with Crippen LogP contribution in [-0.2, 0) is 9.47 Å². The zero-order chi connectivity index (χ0) is 10.3. The molecule has 8 heteroatoms. The molecule has 0 unspecified atom stereocenters. The first-order valence-corrected chi connectivity index (χ1v) is 2.89. The van der Waals surface area contributed by atoms with E-state index in [1.54, 1.807) is 0 Å². The topological polar surface area (TPSA) is 18.5 Å². The van der Waals surface area contributed by atoms with E-state index in [1.807, 2.05) is 0 Å². The minimum Gasteiger partial charge on any atom is -0.455 e. The molecule has 1 fully saturated rings. The molecule has 1 aliphatic heterocycles. The van der Waals surface area contributed by atoms with Gasteiger partial charge in [-0.25, -0.2) is 0 Å². The van der Waals surface area contributed by atoms with Crippen molar-refractivity contribution in [1.29, 1.82) is 0 Å². The average molecular weight is 208 g/mol. The molecular formula is C5H2F6O2. The van der Waals surface area contributed by atoms with Crippen molar-refractivity contribution in [3.63, 3.8) is 0 Å². The molecule has 0 aromatic rings. The number of hydrogen-bond acceptors (Lipinski definition) is 2. The average Bonchev–Trinajstić information content (AvgIpc) is 1.94. The van der Waals surface area contributed by atoms with Crippen molar-refractivity contribution < 1.29 is 35.8 Å². The third kappa shape index (κ3) is 1.65. The van der Waals surface area contributed by atoms with Crippen molar-refractivity contribution in [3.05, 3.63) is 12.0 Å². The fourth-order valence-electron chi connectivity index (χ4n) is 0.554. The van der Waals surface area contributed by atoms with Crippen LogP contribution in [0.5, 0.6) is 0 Å². The van der Waals surface area contributed by atoms with E-state index in [0.29, 0.717) is 0 Å². The molecule has 1 heterocycles. The van der Waals surface area contributed by atoms with Gasteiger partial charge in [0.1, 0.15) is 0 Å². The summed E-state index contributed by atoms with van der Waals surface area (Å²) in [5.41, 5.74) is 0. The monoisotopic (exact) mass is 208 g/mol. The Morgan fingerprint density at radius 3 is 2.08 bits per heavy atom. The van der Waals surface area contributed by atoms with Gasteiger partial charge in [0.15, 0.2) is 6.61 Å². The van der Waals surface area contributed by atoms with E-state index in [-0.39, 0.29) is 0 Å². The maximum Gasteiger partial charge on any atom is 0.470 e. The highest BCUT2D eigenvalue weighted by Crippen LogP contribution is 2.42. The van der Waals surface area contributed by atoms with Gasteiger partial charge in [0, 0.05) is 0 Å². The van der Waals surface area contributed by atoms with E-state index in [9.17, 15) is 26.3 Å². The molecule has 0 radical (unpaired) electrons. The molecule has 0 saturated carbocycles. The third-order valence-corrected chi connectivity index (χ3v) is 1.19. The van der Waals surface area contributed by atoms with Gasteiger partial charge in [-0.05, 0) is 0 Å². The van der Waals surface area contributed by atoms with Crippen LogP contribution in [0.3, 0.4) is 0 Å². The van der Waals surface area contributed by atoms with E-state index < -0.39 is 30.7 Å². The van der Waals surface area contributed by atoms with Gasteiger partial charge in [-0.3, -0.25) is 0 Å². The summed E-state index contributed by atoms with van der Waals surface area (Å²) in [5.74, 6) is -6.47. The molecule has 0 bridgehead atoms. The van der Waals surface area contributed by atoms with Crippen molar-refractivity contribution in [2.75, 3.05) is 6.61 Å². The Balaban J connectivity index is 2.89. The summed E-state index contributed by atoms with van der Waals surface area (Å²) in [6.45, 7) is -1.84. The van der Waals surface area contributed by atoms with Crippen LogP contribution in [0.2, 0.25) is 0 Å². The molecule has 0 spiro atoms. The Morgan fingerprint density at radius 2 is 1.69 bits per heavy atom. The first kappa shape index (κ1) is 10.0. The highest BCUT2D eigenvalue weighted by atomic mass is 19.3. The van der Waals surface area contributed by atoms with E-state index in [0.717, 1.165) is 0 Å². The van der Waals surface area contributed by atoms with Crippen LogP contribution in [-0.4, -0.2) is 18.6 Å². The van der Waals surface area contributed by atoms with Crippen LogP contribution in [0.15, 0.2) is 12.0 Å². The summed E-state index contributed by atoms with van der Waals surface area (Å²) in [6.07, 6.45) is -7.68. The van der Waals surface area contributed by atoms with Crippen molar-refractivity contribution in [1.82, 2.24) is 0 Å². The van der Waals surface area contributed by atoms with Crippen LogP contribution >= 0.6 is 0 Å².